The van der Waals surface area contributed by atoms with Gasteiger partial charge in [-0.2, -0.15) is 0 Å². The lowest BCUT2D eigenvalue weighted by Crippen LogP contribution is -2.60. The third-order valence-corrected chi connectivity index (χ3v) is 9.59. The van der Waals surface area contributed by atoms with Gasteiger partial charge in [0.05, 0.1) is 31.1 Å². The Labute approximate surface area is 261 Å². The summed E-state index contributed by atoms with van der Waals surface area (Å²) in [5.41, 5.74) is 0. The van der Waals surface area contributed by atoms with Crippen molar-refractivity contribution in [1.29, 1.82) is 0 Å². The number of hydrogen-bond acceptors (Lipinski definition) is 9. The van der Waals surface area contributed by atoms with Gasteiger partial charge >= 0.3 is 0 Å². The van der Waals surface area contributed by atoms with Gasteiger partial charge < -0.3 is 35.0 Å². The molecular formula is C32H63NO9S. The highest BCUT2D eigenvalue weighted by Gasteiger charge is 2.44. The van der Waals surface area contributed by atoms with Gasteiger partial charge in [0.2, 0.25) is 10.0 Å². The average molecular weight is 638 g/mol. The highest BCUT2D eigenvalue weighted by molar-refractivity contribution is 7.89. The van der Waals surface area contributed by atoms with Gasteiger partial charge in [0, 0.05) is 0 Å². The zero-order valence-electron chi connectivity index (χ0n) is 26.8. The van der Waals surface area contributed by atoms with Crippen LogP contribution in [0.1, 0.15) is 129 Å². The van der Waals surface area contributed by atoms with Gasteiger partial charge in [-0.25, -0.2) is 13.1 Å². The van der Waals surface area contributed by atoms with Gasteiger partial charge in [-0.05, 0) is 19.3 Å². The Morgan fingerprint density at radius 1 is 0.767 bits per heavy atom. The van der Waals surface area contributed by atoms with E-state index in [1.165, 1.54) is 57.8 Å². The van der Waals surface area contributed by atoms with E-state index < -0.39 is 59.5 Å². The van der Waals surface area contributed by atoms with Crippen LogP contribution in [-0.2, 0) is 19.5 Å². The minimum atomic E-state index is -3.73. The second kappa shape index (κ2) is 24.6. The number of hydrogen-bond donors (Lipinski definition) is 6. The molecule has 1 aliphatic rings. The Hall–Kier alpha value is -0.630. The Balaban J connectivity index is 2.59. The molecule has 1 heterocycles. The molecular weight excluding hydrogens is 574 g/mol. The Morgan fingerprint density at radius 2 is 1.28 bits per heavy atom. The van der Waals surface area contributed by atoms with Crippen molar-refractivity contribution in [3.8, 4) is 0 Å². The highest BCUT2D eigenvalue weighted by Crippen LogP contribution is 2.22. The van der Waals surface area contributed by atoms with Crippen molar-refractivity contribution in [3.05, 3.63) is 12.2 Å². The summed E-state index contributed by atoms with van der Waals surface area (Å²) in [6, 6.07) is -1.06. The van der Waals surface area contributed by atoms with Crippen LogP contribution in [0.3, 0.4) is 0 Å². The molecule has 4 unspecified atom stereocenters. The van der Waals surface area contributed by atoms with Gasteiger partial charge in [-0.3, -0.25) is 0 Å². The number of rotatable bonds is 27. The van der Waals surface area contributed by atoms with E-state index in [1.54, 1.807) is 6.08 Å². The maximum absolute atomic E-state index is 12.8. The maximum Gasteiger partial charge on any atom is 0.212 e. The predicted octanol–water partition coefficient (Wildman–Crippen LogP) is 4.07. The zero-order chi connectivity index (χ0) is 31.9. The van der Waals surface area contributed by atoms with E-state index in [0.29, 0.717) is 6.42 Å². The fourth-order valence-electron chi connectivity index (χ4n) is 5.26. The standard InChI is InChI=1S/C32H63NO9S/c1-3-5-7-9-11-12-13-14-15-16-17-18-20-22-27(35)26(33-43(39,40)23-21-19-10-8-6-4-2)25-41-32-31(38)30(37)29(36)28(24-34)42-32/h20,22,26-38H,3-19,21,23-25H2,1-2H3/t26?,27?,28?,29-,30-,31?,32-/m1/s1. The largest absolute Gasteiger partial charge is 0.394 e. The first kappa shape index (κ1) is 40.4. The molecule has 0 amide bonds. The highest BCUT2D eigenvalue weighted by atomic mass is 32.2. The number of aliphatic hydroxyl groups excluding tert-OH is 5. The summed E-state index contributed by atoms with van der Waals surface area (Å²) < 4.78 is 39.2. The van der Waals surface area contributed by atoms with Crippen LogP contribution in [0.2, 0.25) is 0 Å². The van der Waals surface area contributed by atoms with Crippen molar-refractivity contribution in [2.24, 2.45) is 0 Å². The zero-order valence-corrected chi connectivity index (χ0v) is 27.6. The van der Waals surface area contributed by atoms with Crippen molar-refractivity contribution in [2.45, 2.75) is 172 Å². The van der Waals surface area contributed by atoms with Crippen LogP contribution in [-0.4, -0.2) is 95.8 Å². The van der Waals surface area contributed by atoms with Crippen molar-refractivity contribution < 1.29 is 43.4 Å². The molecule has 0 aromatic rings. The van der Waals surface area contributed by atoms with E-state index in [-0.39, 0.29) is 12.4 Å². The number of allylic oxidation sites excluding steroid dienone is 1. The van der Waals surface area contributed by atoms with Crippen LogP contribution in [0.25, 0.3) is 0 Å². The monoisotopic (exact) mass is 637 g/mol. The summed E-state index contributed by atoms with van der Waals surface area (Å²) >= 11 is 0. The minimum absolute atomic E-state index is 0.0785. The molecule has 11 heteroatoms. The van der Waals surface area contributed by atoms with Crippen LogP contribution in [0, 0.1) is 0 Å². The quantitative estimate of drug-likeness (QED) is 0.0575. The molecule has 0 aromatic carbocycles. The molecule has 0 saturated carbocycles. The molecule has 0 spiro atoms. The summed E-state index contributed by atoms with van der Waals surface area (Å²) in [5, 5.41) is 50.6. The van der Waals surface area contributed by atoms with E-state index >= 15 is 0 Å². The molecule has 0 aliphatic carbocycles. The summed E-state index contributed by atoms with van der Waals surface area (Å²) in [6.07, 6.45) is 14.9. The molecule has 256 valence electrons. The van der Waals surface area contributed by atoms with Crippen LogP contribution in [0.4, 0.5) is 0 Å². The first-order chi connectivity index (χ1) is 20.7. The number of nitrogens with one attached hydrogen (secondary N) is 1. The van der Waals surface area contributed by atoms with Crippen molar-refractivity contribution in [3.63, 3.8) is 0 Å². The second-order valence-corrected chi connectivity index (χ2v) is 14.0. The van der Waals surface area contributed by atoms with Crippen molar-refractivity contribution in [2.75, 3.05) is 19.0 Å². The first-order valence-electron chi connectivity index (χ1n) is 16.9. The lowest BCUT2D eigenvalue weighted by molar-refractivity contribution is -0.302. The Bertz CT molecular complexity index is 796. The Morgan fingerprint density at radius 3 is 1.81 bits per heavy atom. The smallest absolute Gasteiger partial charge is 0.212 e. The molecule has 1 aliphatic heterocycles. The van der Waals surface area contributed by atoms with Gasteiger partial charge in [-0.15, -0.1) is 0 Å². The fourth-order valence-corrected chi connectivity index (χ4v) is 6.63. The lowest BCUT2D eigenvalue weighted by Gasteiger charge is -2.40. The molecule has 0 radical (unpaired) electrons. The molecule has 7 atom stereocenters. The van der Waals surface area contributed by atoms with E-state index in [1.807, 2.05) is 6.08 Å². The average Bonchev–Trinajstić information content (AvgIpc) is 2.98. The molecule has 6 N–H and O–H groups in total. The van der Waals surface area contributed by atoms with Crippen molar-refractivity contribution in [1.82, 2.24) is 4.72 Å². The van der Waals surface area contributed by atoms with Crippen LogP contribution < -0.4 is 4.72 Å². The molecule has 0 aromatic heterocycles. The molecule has 0 bridgehead atoms. The summed E-state index contributed by atoms with van der Waals surface area (Å²) in [4.78, 5) is 0. The SMILES string of the molecule is CCCCCCCCCCCCCC=CC(O)C(CO[C@@H]1OC(CO)[C@@H](O)[C@@H](O)C1O)NS(=O)(=O)CCCCCCCC. The number of unbranched alkanes of at least 4 members (excludes halogenated alkanes) is 16. The van der Waals surface area contributed by atoms with E-state index in [0.717, 1.165) is 51.4 Å². The predicted molar refractivity (Wildman–Crippen MR) is 170 cm³/mol. The molecule has 1 saturated heterocycles. The number of aliphatic hydroxyl groups is 5. The third-order valence-electron chi connectivity index (χ3n) is 8.11. The van der Waals surface area contributed by atoms with Crippen molar-refractivity contribution >= 4 is 10.0 Å². The molecule has 1 fully saturated rings. The van der Waals surface area contributed by atoms with Crippen LogP contribution >= 0.6 is 0 Å². The van der Waals surface area contributed by atoms with E-state index in [4.69, 9.17) is 9.47 Å². The first-order valence-corrected chi connectivity index (χ1v) is 18.6. The summed E-state index contributed by atoms with van der Waals surface area (Å²) in [5.74, 6) is -0.0785. The topological polar surface area (TPSA) is 166 Å². The number of sulfonamides is 1. The van der Waals surface area contributed by atoms with Crippen LogP contribution in [0.5, 0.6) is 0 Å². The fraction of sp³-hybridized carbons (Fsp3) is 0.938. The normalized spacial score (nSPS) is 24.5. The summed E-state index contributed by atoms with van der Waals surface area (Å²) in [6.45, 7) is 3.39. The molecule has 10 nitrogen and oxygen atoms in total. The number of ether oxygens (including phenoxy) is 2. The van der Waals surface area contributed by atoms with E-state index in [2.05, 4.69) is 18.6 Å². The van der Waals surface area contributed by atoms with E-state index in [9.17, 15) is 34.0 Å². The second-order valence-electron chi connectivity index (χ2n) is 12.1. The Kier molecular flexibility index (Phi) is 23.1. The molecule has 1 rings (SSSR count). The summed E-state index contributed by atoms with van der Waals surface area (Å²) in [7, 11) is -3.73. The van der Waals surface area contributed by atoms with Gasteiger partial charge in [-0.1, -0.05) is 122 Å². The van der Waals surface area contributed by atoms with Gasteiger partial charge in [0.1, 0.15) is 24.4 Å². The van der Waals surface area contributed by atoms with Crippen LogP contribution in [0.15, 0.2) is 12.2 Å². The van der Waals surface area contributed by atoms with Gasteiger partial charge in [0.25, 0.3) is 0 Å². The maximum atomic E-state index is 12.8. The van der Waals surface area contributed by atoms with Gasteiger partial charge in [0.15, 0.2) is 6.29 Å². The lowest BCUT2D eigenvalue weighted by atomic mass is 9.99. The minimum Gasteiger partial charge on any atom is -0.394 e. The molecule has 43 heavy (non-hydrogen) atoms. The third kappa shape index (κ3) is 18.2.